The molecule has 0 aliphatic heterocycles. The van der Waals surface area contributed by atoms with E-state index in [1.165, 1.54) is 18.3 Å². The normalized spacial score (nSPS) is 13.2. The Bertz CT molecular complexity index is 473. The maximum Gasteiger partial charge on any atom is 0.321 e. The van der Waals surface area contributed by atoms with Gasteiger partial charge in [-0.05, 0) is 18.6 Å². The number of aromatic nitrogens is 1. The summed E-state index contributed by atoms with van der Waals surface area (Å²) in [6, 6.07) is 1.37. The summed E-state index contributed by atoms with van der Waals surface area (Å²) in [6.07, 6.45) is 2.32. The zero-order valence-electron chi connectivity index (χ0n) is 8.78. The summed E-state index contributed by atoms with van der Waals surface area (Å²) >= 11 is 0. The van der Waals surface area contributed by atoms with E-state index in [2.05, 4.69) is 4.98 Å². The van der Waals surface area contributed by atoms with Gasteiger partial charge >= 0.3 is 5.97 Å². The van der Waals surface area contributed by atoms with Crippen LogP contribution in [0.25, 0.3) is 0 Å². The Morgan fingerprint density at radius 1 is 1.53 bits per heavy atom. The number of pyridine rings is 1. The van der Waals surface area contributed by atoms with E-state index in [1.54, 1.807) is 0 Å². The van der Waals surface area contributed by atoms with E-state index in [0.29, 0.717) is 0 Å². The fraction of sp³-hybridized carbons (Fsp3) is 0.333. The van der Waals surface area contributed by atoms with Crippen LogP contribution in [0.15, 0.2) is 29.4 Å². The van der Waals surface area contributed by atoms with E-state index in [9.17, 15) is 13.2 Å². The molecule has 0 fully saturated rings. The molecule has 0 bridgehead atoms. The van der Waals surface area contributed by atoms with Gasteiger partial charge in [-0.2, -0.15) is 4.72 Å². The second-order valence-corrected chi connectivity index (χ2v) is 4.93. The monoisotopic (exact) mass is 260 g/mol. The Balaban J connectivity index is 2.89. The summed E-state index contributed by atoms with van der Waals surface area (Å²) in [5.41, 5.74) is 0. The van der Waals surface area contributed by atoms with Crippen molar-refractivity contribution in [2.24, 2.45) is 0 Å². The van der Waals surface area contributed by atoms with Gasteiger partial charge in [0.05, 0.1) is 0 Å². The third-order valence-electron chi connectivity index (χ3n) is 1.96. The Kier molecular flexibility index (Phi) is 4.55. The molecule has 1 unspecified atom stereocenters. The highest BCUT2D eigenvalue weighted by Crippen LogP contribution is 2.07. The minimum absolute atomic E-state index is 0.121. The number of aliphatic hydroxyl groups is 1. The van der Waals surface area contributed by atoms with E-state index < -0.39 is 28.6 Å². The van der Waals surface area contributed by atoms with Gasteiger partial charge < -0.3 is 10.2 Å². The van der Waals surface area contributed by atoms with Crippen LogP contribution < -0.4 is 4.72 Å². The van der Waals surface area contributed by atoms with Crippen molar-refractivity contribution < 1.29 is 23.4 Å². The minimum atomic E-state index is -3.93. The lowest BCUT2D eigenvalue weighted by atomic mass is 10.2. The third kappa shape index (κ3) is 3.77. The molecule has 0 spiro atoms. The van der Waals surface area contributed by atoms with Crippen molar-refractivity contribution in [2.75, 3.05) is 6.61 Å². The van der Waals surface area contributed by atoms with Crippen LogP contribution in [0.4, 0.5) is 0 Å². The summed E-state index contributed by atoms with van der Waals surface area (Å²) < 4.78 is 25.4. The SMILES string of the molecule is O=C(O)C(CCO)NS(=O)(=O)c1cccnc1. The van der Waals surface area contributed by atoms with Crippen LogP contribution in [0.1, 0.15) is 6.42 Å². The first-order valence-electron chi connectivity index (χ1n) is 4.73. The number of nitrogens with one attached hydrogen (secondary N) is 1. The maximum atomic E-state index is 11.7. The summed E-state index contributed by atoms with van der Waals surface area (Å²) in [5.74, 6) is -1.34. The van der Waals surface area contributed by atoms with Crippen molar-refractivity contribution in [3.8, 4) is 0 Å². The molecule has 1 heterocycles. The molecule has 17 heavy (non-hydrogen) atoms. The Labute approximate surface area is 98.2 Å². The first-order valence-corrected chi connectivity index (χ1v) is 6.21. The van der Waals surface area contributed by atoms with Gasteiger partial charge in [0.15, 0.2) is 0 Å². The van der Waals surface area contributed by atoms with Gasteiger partial charge in [-0.3, -0.25) is 9.78 Å². The number of hydrogen-bond donors (Lipinski definition) is 3. The molecule has 0 aliphatic rings. The molecule has 94 valence electrons. The predicted octanol–water partition coefficient (Wildman–Crippen LogP) is -0.804. The molecule has 7 nitrogen and oxygen atoms in total. The average Bonchev–Trinajstić information content (AvgIpc) is 2.29. The number of carboxylic acids is 1. The molecule has 0 saturated carbocycles. The van der Waals surface area contributed by atoms with Gasteiger partial charge in [-0.25, -0.2) is 8.42 Å². The summed E-state index contributed by atoms with van der Waals surface area (Å²) in [6.45, 7) is -0.424. The van der Waals surface area contributed by atoms with Gasteiger partial charge in [-0.15, -0.1) is 0 Å². The average molecular weight is 260 g/mol. The Morgan fingerprint density at radius 2 is 2.24 bits per heavy atom. The van der Waals surface area contributed by atoms with Gasteiger partial charge in [0.2, 0.25) is 10.0 Å². The standard InChI is InChI=1S/C9H12N2O5S/c12-5-3-8(9(13)14)11-17(15,16)7-2-1-4-10-6-7/h1-2,4,6,8,11-12H,3,5H2,(H,13,14). The largest absolute Gasteiger partial charge is 0.480 e. The van der Waals surface area contributed by atoms with E-state index in [4.69, 9.17) is 10.2 Å². The predicted molar refractivity (Wildman–Crippen MR) is 57.7 cm³/mol. The molecule has 8 heteroatoms. The second kappa shape index (κ2) is 5.71. The molecular formula is C9H12N2O5S. The van der Waals surface area contributed by atoms with Crippen LogP contribution in [-0.4, -0.2) is 42.2 Å². The number of nitrogens with zero attached hydrogens (tertiary/aromatic N) is 1. The number of sulfonamides is 1. The van der Waals surface area contributed by atoms with E-state index in [0.717, 1.165) is 6.20 Å². The van der Waals surface area contributed by atoms with Crippen molar-refractivity contribution in [2.45, 2.75) is 17.4 Å². The Hall–Kier alpha value is -1.51. The second-order valence-electron chi connectivity index (χ2n) is 3.21. The van der Waals surface area contributed by atoms with Crippen molar-refractivity contribution in [3.63, 3.8) is 0 Å². The third-order valence-corrected chi connectivity index (χ3v) is 3.41. The lowest BCUT2D eigenvalue weighted by Gasteiger charge is -2.13. The summed E-state index contributed by atoms with van der Waals surface area (Å²) in [5, 5.41) is 17.4. The van der Waals surface area contributed by atoms with Crippen LogP contribution in [0, 0.1) is 0 Å². The lowest BCUT2D eigenvalue weighted by molar-refractivity contribution is -0.139. The Morgan fingerprint density at radius 3 is 2.71 bits per heavy atom. The minimum Gasteiger partial charge on any atom is -0.480 e. The zero-order valence-corrected chi connectivity index (χ0v) is 9.59. The molecule has 1 atom stereocenters. The fourth-order valence-electron chi connectivity index (χ4n) is 1.12. The molecule has 3 N–H and O–H groups in total. The number of aliphatic hydroxyl groups excluding tert-OH is 1. The summed E-state index contributed by atoms with van der Waals surface area (Å²) in [4.78, 5) is 14.3. The lowest BCUT2D eigenvalue weighted by Crippen LogP contribution is -2.41. The van der Waals surface area contributed by atoms with Gasteiger partial charge in [0.25, 0.3) is 0 Å². The van der Waals surface area contributed by atoms with E-state index >= 15 is 0 Å². The quantitative estimate of drug-likeness (QED) is 0.616. The van der Waals surface area contributed by atoms with Crippen LogP contribution in [0.2, 0.25) is 0 Å². The number of hydrogen-bond acceptors (Lipinski definition) is 5. The molecule has 1 aromatic heterocycles. The molecular weight excluding hydrogens is 248 g/mol. The highest BCUT2D eigenvalue weighted by molar-refractivity contribution is 7.89. The fourth-order valence-corrected chi connectivity index (χ4v) is 2.31. The summed E-state index contributed by atoms with van der Waals surface area (Å²) in [7, 11) is -3.93. The highest BCUT2D eigenvalue weighted by Gasteiger charge is 2.24. The molecule has 1 aromatic rings. The number of rotatable bonds is 6. The number of carboxylic acid groups (broad SMARTS) is 1. The van der Waals surface area contributed by atoms with Crippen LogP contribution in [-0.2, 0) is 14.8 Å². The first kappa shape index (κ1) is 13.6. The molecule has 0 amide bonds. The molecule has 0 aliphatic carbocycles. The number of carbonyl (C=O) groups is 1. The topological polar surface area (TPSA) is 117 Å². The maximum absolute atomic E-state index is 11.7. The molecule has 0 aromatic carbocycles. The zero-order chi connectivity index (χ0) is 12.9. The van der Waals surface area contributed by atoms with Crippen molar-refractivity contribution in [1.29, 1.82) is 0 Å². The molecule has 0 radical (unpaired) electrons. The van der Waals surface area contributed by atoms with E-state index in [-0.39, 0.29) is 11.3 Å². The smallest absolute Gasteiger partial charge is 0.321 e. The first-order chi connectivity index (χ1) is 7.97. The van der Waals surface area contributed by atoms with Crippen molar-refractivity contribution >= 4 is 16.0 Å². The van der Waals surface area contributed by atoms with Gasteiger partial charge in [-0.1, -0.05) is 0 Å². The van der Waals surface area contributed by atoms with Crippen LogP contribution >= 0.6 is 0 Å². The number of aliphatic carboxylic acids is 1. The van der Waals surface area contributed by atoms with E-state index in [1.807, 2.05) is 4.72 Å². The molecule has 0 saturated heterocycles. The van der Waals surface area contributed by atoms with Gasteiger partial charge in [0, 0.05) is 19.0 Å². The van der Waals surface area contributed by atoms with Gasteiger partial charge in [0.1, 0.15) is 10.9 Å². The molecule has 1 rings (SSSR count). The van der Waals surface area contributed by atoms with Crippen LogP contribution in [0.5, 0.6) is 0 Å². The van der Waals surface area contributed by atoms with Crippen molar-refractivity contribution in [3.05, 3.63) is 24.5 Å². The van der Waals surface area contributed by atoms with Crippen molar-refractivity contribution in [1.82, 2.24) is 9.71 Å². The highest BCUT2D eigenvalue weighted by atomic mass is 32.2. The van der Waals surface area contributed by atoms with Crippen LogP contribution in [0.3, 0.4) is 0 Å².